The first-order chi connectivity index (χ1) is 29.8. The Kier molecular flexibility index (Phi) is 5.89. The fraction of sp³-hybridized carbons (Fsp3) is 0.111. The van der Waals surface area contributed by atoms with Crippen LogP contribution in [0.2, 0.25) is 0 Å². The Balaban J connectivity index is 1.21. The molecule has 0 aromatic heterocycles. The predicted octanol–water partition coefficient (Wildman–Crippen LogP) is 6.23. The van der Waals surface area contributed by atoms with Gasteiger partial charge in [0.25, 0.3) is 0 Å². The lowest BCUT2D eigenvalue weighted by molar-refractivity contribution is 1.19. The van der Waals surface area contributed by atoms with Gasteiger partial charge < -0.3 is 14.4 Å². The maximum Gasteiger partial charge on any atom is 0.519 e. The van der Waals surface area contributed by atoms with Crippen molar-refractivity contribution in [3.8, 4) is 0 Å². The zero-order valence-corrected chi connectivity index (χ0v) is 35.3. The van der Waals surface area contributed by atoms with Gasteiger partial charge in [0.2, 0.25) is 20.1 Å². The standard InChI is InChI=1S/C54H39B4N3/c1-28-10-7-11-29(2)46(28)55-37-22-16-34-18-24-39-51-43(34)49(37)59-50-38(55)23-17-35-19-25-40-52(44(35)50)61-54-42(57(40)48-32(5)14-9-15-33(48)6)27-21-36-20-26-41(53(45(36)54)60(51)58(59)61)56(39)47-30(3)12-8-13-31(47)4/h7-27H,1-6H3. The van der Waals surface area contributed by atoms with E-state index in [9.17, 15) is 0 Å². The van der Waals surface area contributed by atoms with E-state index >= 15 is 0 Å². The molecule has 282 valence electrons. The Morgan fingerprint density at radius 1 is 0.279 bits per heavy atom. The second kappa shape index (κ2) is 10.8. The highest BCUT2D eigenvalue weighted by molar-refractivity contribution is 7.05. The normalized spacial score (nSPS) is 15.1. The molecule has 6 heterocycles. The molecule has 3 nitrogen and oxygen atoms in total. The molecule has 6 aliphatic heterocycles. The first kappa shape index (κ1) is 33.2. The molecule has 0 unspecified atom stereocenters. The third-order valence-electron chi connectivity index (χ3n) is 16.1. The summed E-state index contributed by atoms with van der Waals surface area (Å²) in [6, 6.07) is 50.2. The highest BCUT2D eigenvalue weighted by Gasteiger charge is 2.61. The molecule has 0 amide bonds. The molecule has 0 saturated carbocycles. The maximum absolute atomic E-state index is 2.83. The van der Waals surface area contributed by atoms with E-state index in [1.165, 1.54) is 149 Å². The summed E-state index contributed by atoms with van der Waals surface area (Å²) in [6.07, 6.45) is 0. The summed E-state index contributed by atoms with van der Waals surface area (Å²) in [6.45, 7) is 14.3. The first-order valence-corrected chi connectivity index (χ1v) is 22.2. The van der Waals surface area contributed by atoms with Crippen LogP contribution in [0.25, 0.3) is 32.3 Å². The zero-order valence-electron chi connectivity index (χ0n) is 35.3. The summed E-state index contributed by atoms with van der Waals surface area (Å²) < 4.78 is 0. The molecular weight excluding hydrogens is 734 g/mol. The van der Waals surface area contributed by atoms with Crippen molar-refractivity contribution in [1.29, 1.82) is 0 Å². The molecule has 61 heavy (non-hydrogen) atoms. The van der Waals surface area contributed by atoms with Gasteiger partial charge in [-0.2, -0.15) is 0 Å². The molecule has 0 radical (unpaired) electrons. The minimum atomic E-state index is -0.106. The van der Waals surface area contributed by atoms with Crippen LogP contribution in [0.1, 0.15) is 33.4 Å². The minimum absolute atomic E-state index is 0.0995. The lowest BCUT2D eigenvalue weighted by Crippen LogP contribution is -2.76. The molecule has 0 N–H and O–H groups in total. The Hall–Kier alpha value is -6.58. The van der Waals surface area contributed by atoms with Crippen molar-refractivity contribution < 1.29 is 0 Å². The molecule has 0 spiro atoms. The van der Waals surface area contributed by atoms with Crippen LogP contribution in [0, 0.1) is 41.5 Å². The van der Waals surface area contributed by atoms with Crippen LogP contribution in [0.15, 0.2) is 127 Å². The average Bonchev–Trinajstić information content (AvgIpc) is 3.26. The number of hydrogen-bond acceptors (Lipinski definition) is 3. The van der Waals surface area contributed by atoms with Crippen LogP contribution >= 0.6 is 0 Å². The highest BCUT2D eigenvalue weighted by atomic mass is 15.4. The molecule has 0 bridgehead atoms. The largest absolute Gasteiger partial charge is 0.519 e. The quantitative estimate of drug-likeness (QED) is 0.198. The molecular formula is C54H39B4N3. The van der Waals surface area contributed by atoms with E-state index < -0.39 is 0 Å². The molecule has 0 saturated heterocycles. The monoisotopic (exact) mass is 773 g/mol. The first-order valence-electron chi connectivity index (χ1n) is 22.2. The van der Waals surface area contributed by atoms with Gasteiger partial charge in [-0.3, -0.25) is 0 Å². The average molecular weight is 773 g/mol. The lowest BCUT2D eigenvalue weighted by Gasteiger charge is -2.60. The number of nitrogens with zero attached hydrogens (tertiary/aromatic N) is 3. The molecule has 9 aromatic carbocycles. The third kappa shape index (κ3) is 3.62. The van der Waals surface area contributed by atoms with Crippen molar-refractivity contribution in [1.82, 2.24) is 0 Å². The van der Waals surface area contributed by atoms with Crippen LogP contribution in [-0.4, -0.2) is 27.3 Å². The molecule has 15 rings (SSSR count). The van der Waals surface area contributed by atoms with Crippen molar-refractivity contribution in [3.05, 3.63) is 161 Å². The van der Waals surface area contributed by atoms with E-state index in [1.807, 2.05) is 0 Å². The van der Waals surface area contributed by atoms with Crippen molar-refractivity contribution in [2.45, 2.75) is 41.5 Å². The van der Waals surface area contributed by atoms with Crippen LogP contribution in [-0.2, 0) is 0 Å². The van der Waals surface area contributed by atoms with Gasteiger partial charge in [0.15, 0.2) is 0 Å². The van der Waals surface area contributed by atoms with Gasteiger partial charge in [0.05, 0.1) is 0 Å². The summed E-state index contributed by atoms with van der Waals surface area (Å²) in [4.78, 5) is 8.48. The van der Waals surface area contributed by atoms with Crippen LogP contribution in [0.5, 0.6) is 0 Å². The predicted molar refractivity (Wildman–Crippen MR) is 266 cm³/mol. The number of anilines is 6. The van der Waals surface area contributed by atoms with Gasteiger partial charge in [-0.25, -0.2) is 0 Å². The van der Waals surface area contributed by atoms with Gasteiger partial charge in [0.1, 0.15) is 0 Å². The number of aryl methyl sites for hydroxylation is 6. The third-order valence-corrected chi connectivity index (χ3v) is 16.1. The minimum Gasteiger partial charge on any atom is -0.345 e. The van der Waals surface area contributed by atoms with Crippen molar-refractivity contribution >= 4 is 143 Å². The maximum atomic E-state index is 2.83. The van der Waals surface area contributed by atoms with E-state index in [0.29, 0.717) is 0 Å². The summed E-state index contributed by atoms with van der Waals surface area (Å²) >= 11 is 0. The highest BCUT2D eigenvalue weighted by Crippen LogP contribution is 2.59. The molecule has 7 heteroatoms. The number of hydrogen-bond donors (Lipinski definition) is 0. The molecule has 0 atom stereocenters. The second-order valence-electron chi connectivity index (χ2n) is 19.0. The van der Waals surface area contributed by atoms with Crippen LogP contribution < -0.4 is 63.6 Å². The molecule has 0 fully saturated rings. The summed E-state index contributed by atoms with van der Waals surface area (Å²) in [5.74, 6) is 0. The Labute approximate surface area is 358 Å². The summed E-state index contributed by atoms with van der Waals surface area (Å²) in [5, 5.41) is 8.14. The SMILES string of the molecule is Cc1cccc(C)c1B1c2ccc3ccc4c5c3c2N2B3N5c5c(ccc6ccc7c(c56)N3c3c(ccc5ccc1c2c35)B7c1c(C)cccc1C)B4c1c(C)cccc1C. The van der Waals surface area contributed by atoms with Gasteiger partial charge in [-0.15, -0.1) is 0 Å². The summed E-state index contributed by atoms with van der Waals surface area (Å²) in [7, 11) is -0.106. The Bertz CT molecular complexity index is 3050. The van der Waals surface area contributed by atoms with Gasteiger partial charge in [-0.1, -0.05) is 177 Å². The van der Waals surface area contributed by atoms with Crippen molar-refractivity contribution in [2.75, 3.05) is 14.4 Å². The van der Waals surface area contributed by atoms with E-state index in [-0.39, 0.29) is 27.3 Å². The second-order valence-corrected chi connectivity index (χ2v) is 19.0. The fourth-order valence-electron chi connectivity index (χ4n) is 13.9. The lowest BCUT2D eigenvalue weighted by atomic mass is 9.30. The number of rotatable bonds is 3. The van der Waals surface area contributed by atoms with Crippen LogP contribution in [0.4, 0.5) is 34.1 Å². The van der Waals surface area contributed by atoms with Crippen LogP contribution in [0.3, 0.4) is 0 Å². The smallest absolute Gasteiger partial charge is 0.345 e. The van der Waals surface area contributed by atoms with Crippen molar-refractivity contribution in [2.24, 2.45) is 0 Å². The van der Waals surface area contributed by atoms with Gasteiger partial charge >= 0.3 is 7.12 Å². The Morgan fingerprint density at radius 3 is 0.705 bits per heavy atom. The topological polar surface area (TPSA) is 9.72 Å². The van der Waals surface area contributed by atoms with E-state index in [0.717, 1.165) is 0 Å². The Morgan fingerprint density at radius 2 is 0.492 bits per heavy atom. The van der Waals surface area contributed by atoms with Crippen molar-refractivity contribution in [3.63, 3.8) is 0 Å². The van der Waals surface area contributed by atoms with Gasteiger partial charge in [0, 0.05) is 50.3 Å². The van der Waals surface area contributed by atoms with E-state index in [4.69, 9.17) is 0 Å². The fourth-order valence-corrected chi connectivity index (χ4v) is 13.9. The zero-order chi connectivity index (χ0) is 40.5. The number of benzene rings is 9. The molecule has 9 aromatic rings. The van der Waals surface area contributed by atoms with Gasteiger partial charge in [-0.05, 0) is 90.5 Å². The molecule has 6 aliphatic rings. The van der Waals surface area contributed by atoms with E-state index in [1.54, 1.807) is 0 Å². The van der Waals surface area contributed by atoms with E-state index in [2.05, 4.69) is 183 Å². The molecule has 0 aliphatic carbocycles. The summed E-state index contributed by atoms with van der Waals surface area (Å²) in [5.41, 5.74) is 29.4.